The summed E-state index contributed by atoms with van der Waals surface area (Å²) < 4.78 is 0. The summed E-state index contributed by atoms with van der Waals surface area (Å²) in [6.45, 7) is 1.38. The molecule has 3 amide bonds. The first-order chi connectivity index (χ1) is 21.3. The summed E-state index contributed by atoms with van der Waals surface area (Å²) >= 11 is 0. The summed E-state index contributed by atoms with van der Waals surface area (Å²) in [7, 11) is 0. The molecule has 5 rings (SSSR count). The number of aromatic amines is 1. The third-order valence-corrected chi connectivity index (χ3v) is 7.29. The van der Waals surface area contributed by atoms with E-state index in [1.165, 1.54) is 6.92 Å². The number of carbonyl (C=O) groups is 4. The maximum Gasteiger partial charge on any atom is 0.326 e. The molecule has 0 aliphatic heterocycles. The third-order valence-electron chi connectivity index (χ3n) is 7.29. The van der Waals surface area contributed by atoms with Crippen LogP contribution >= 0.6 is 0 Å². The monoisotopic (exact) mass is 588 g/mol. The normalized spacial score (nSPS) is 12.2. The first-order valence-corrected chi connectivity index (χ1v) is 14.2. The van der Waals surface area contributed by atoms with E-state index < -0.39 is 24.0 Å². The molecular weight excluding hydrogens is 556 g/mol. The molecule has 0 saturated heterocycles. The minimum absolute atomic E-state index is 0.166. The van der Waals surface area contributed by atoms with Crippen LogP contribution in [0.15, 0.2) is 109 Å². The fourth-order valence-electron chi connectivity index (χ4n) is 5.08. The number of rotatable bonds is 11. The van der Waals surface area contributed by atoms with Crippen molar-refractivity contribution in [2.24, 2.45) is 0 Å². The zero-order chi connectivity index (χ0) is 31.1. The Labute approximate surface area is 254 Å². The zero-order valence-corrected chi connectivity index (χ0v) is 24.0. The fraction of sp³-hybridized carbons (Fsp3) is 0.143. The van der Waals surface area contributed by atoms with Crippen LogP contribution in [0.3, 0.4) is 0 Å². The number of benzene rings is 4. The fourth-order valence-corrected chi connectivity index (χ4v) is 5.08. The highest BCUT2D eigenvalue weighted by Gasteiger charge is 2.23. The van der Waals surface area contributed by atoms with Gasteiger partial charge in [-0.25, -0.2) is 4.79 Å². The van der Waals surface area contributed by atoms with Gasteiger partial charge in [-0.15, -0.1) is 0 Å². The number of hydrogen-bond acceptors (Lipinski definition) is 4. The number of nitrogens with one attached hydrogen (secondary N) is 4. The van der Waals surface area contributed by atoms with Gasteiger partial charge in [-0.05, 0) is 52.6 Å². The molecule has 9 heteroatoms. The summed E-state index contributed by atoms with van der Waals surface area (Å²) in [6, 6.07) is 29.1. The molecule has 0 bridgehead atoms. The first-order valence-electron chi connectivity index (χ1n) is 14.2. The Kier molecular flexibility index (Phi) is 9.15. The first kappa shape index (κ1) is 29.8. The quantitative estimate of drug-likeness (QED) is 0.149. The number of para-hydroxylation sites is 1. The van der Waals surface area contributed by atoms with Crippen LogP contribution in [0, 0.1) is 0 Å². The lowest BCUT2D eigenvalue weighted by Crippen LogP contribution is -2.44. The van der Waals surface area contributed by atoms with Gasteiger partial charge in [0.15, 0.2) is 0 Å². The van der Waals surface area contributed by atoms with Crippen molar-refractivity contribution in [1.29, 1.82) is 0 Å². The average Bonchev–Trinajstić information content (AvgIpc) is 3.43. The molecule has 1 heterocycles. The van der Waals surface area contributed by atoms with Crippen LogP contribution < -0.4 is 16.0 Å². The van der Waals surface area contributed by atoms with Gasteiger partial charge in [-0.1, -0.05) is 72.8 Å². The minimum atomic E-state index is -1.11. The molecule has 4 aromatic carbocycles. The van der Waals surface area contributed by atoms with E-state index in [1.807, 2.05) is 79.0 Å². The van der Waals surface area contributed by atoms with E-state index in [9.17, 15) is 24.3 Å². The summed E-state index contributed by atoms with van der Waals surface area (Å²) in [6.07, 6.45) is 2.33. The van der Waals surface area contributed by atoms with E-state index in [-0.39, 0.29) is 18.2 Å². The maximum absolute atomic E-state index is 13.2. The lowest BCUT2D eigenvalue weighted by molar-refractivity contribution is -0.139. The maximum atomic E-state index is 13.2. The van der Waals surface area contributed by atoms with E-state index in [2.05, 4.69) is 20.9 Å². The number of carboxylic acids is 1. The molecule has 5 aromatic rings. The van der Waals surface area contributed by atoms with Gasteiger partial charge in [0, 0.05) is 48.1 Å². The molecule has 0 aliphatic rings. The van der Waals surface area contributed by atoms with Gasteiger partial charge in [-0.3, -0.25) is 14.4 Å². The van der Waals surface area contributed by atoms with Gasteiger partial charge >= 0.3 is 5.97 Å². The number of H-pyrrole nitrogens is 1. The van der Waals surface area contributed by atoms with Crippen molar-refractivity contribution < 1.29 is 24.3 Å². The Morgan fingerprint density at radius 1 is 0.750 bits per heavy atom. The molecule has 1 aromatic heterocycles. The van der Waals surface area contributed by atoms with Gasteiger partial charge < -0.3 is 26.0 Å². The highest BCUT2D eigenvalue weighted by molar-refractivity contribution is 5.99. The number of amides is 3. The van der Waals surface area contributed by atoms with Crippen LogP contribution in [0.1, 0.15) is 28.4 Å². The summed E-state index contributed by atoms with van der Waals surface area (Å²) in [5.41, 5.74) is 5.11. The van der Waals surface area contributed by atoms with Crippen molar-refractivity contribution in [3.05, 3.63) is 126 Å². The van der Waals surface area contributed by atoms with Crippen molar-refractivity contribution in [2.75, 3.05) is 5.32 Å². The smallest absolute Gasteiger partial charge is 0.326 e. The molecule has 2 atom stereocenters. The molecule has 0 fully saturated rings. The molecule has 44 heavy (non-hydrogen) atoms. The Hall–Kier alpha value is -5.70. The van der Waals surface area contributed by atoms with Gasteiger partial charge in [-0.2, -0.15) is 0 Å². The Morgan fingerprint density at radius 3 is 2.20 bits per heavy atom. The molecule has 0 radical (unpaired) electrons. The van der Waals surface area contributed by atoms with Crippen molar-refractivity contribution in [1.82, 2.24) is 15.6 Å². The predicted molar refractivity (Wildman–Crippen MR) is 169 cm³/mol. The Morgan fingerprint density at radius 2 is 1.48 bits per heavy atom. The van der Waals surface area contributed by atoms with Crippen molar-refractivity contribution >= 4 is 40.3 Å². The van der Waals surface area contributed by atoms with Gasteiger partial charge in [0.1, 0.15) is 12.1 Å². The second-order valence-electron chi connectivity index (χ2n) is 10.5. The number of carbonyl (C=O) groups excluding carboxylic acids is 3. The number of hydrogen-bond donors (Lipinski definition) is 5. The second kappa shape index (κ2) is 13.5. The lowest BCUT2D eigenvalue weighted by Gasteiger charge is -2.18. The number of fused-ring (bicyclic) bond motifs is 1. The van der Waals surface area contributed by atoms with Crippen LogP contribution in [0.4, 0.5) is 5.69 Å². The third kappa shape index (κ3) is 7.38. The Bertz CT molecular complexity index is 1800. The standard InChI is InChI=1S/C35H32N4O5/c1-22(40)37-31(20-27-21-36-30-13-6-5-12-29(27)30)34(42)38-28-16-14-24(15-17-28)25-10-7-11-26(19-25)33(41)39-32(35(43)44)18-23-8-3-2-4-9-23/h2-17,19,21,31-32,36H,18,20H2,1H3,(H,37,40)(H,38,42)(H,39,41)(H,43,44). The second-order valence-corrected chi connectivity index (χ2v) is 10.5. The van der Waals surface area contributed by atoms with Crippen LogP contribution in [0.5, 0.6) is 0 Å². The SMILES string of the molecule is CC(=O)NC(Cc1c[nH]c2ccccc12)C(=O)Nc1ccc(-c2cccc(C(=O)NC(Cc3ccccc3)C(=O)O)c2)cc1. The predicted octanol–water partition coefficient (Wildman–Crippen LogP) is 4.95. The van der Waals surface area contributed by atoms with Crippen molar-refractivity contribution in [3.8, 4) is 11.1 Å². The van der Waals surface area contributed by atoms with E-state index in [1.54, 1.807) is 30.3 Å². The summed E-state index contributed by atoms with van der Waals surface area (Å²) in [5.74, 6) is -2.25. The van der Waals surface area contributed by atoms with Gasteiger partial charge in [0.25, 0.3) is 5.91 Å². The van der Waals surface area contributed by atoms with Crippen molar-refractivity contribution in [2.45, 2.75) is 31.8 Å². The zero-order valence-electron chi connectivity index (χ0n) is 24.0. The number of aromatic nitrogens is 1. The van der Waals surface area contributed by atoms with E-state index in [4.69, 9.17) is 0 Å². The van der Waals surface area contributed by atoms with Gasteiger partial charge in [0.2, 0.25) is 11.8 Å². The lowest BCUT2D eigenvalue weighted by atomic mass is 10.0. The number of carboxylic acid groups (broad SMARTS) is 1. The molecule has 2 unspecified atom stereocenters. The molecule has 0 saturated carbocycles. The van der Waals surface area contributed by atoms with E-state index >= 15 is 0 Å². The molecule has 0 aliphatic carbocycles. The molecule has 5 N–H and O–H groups in total. The number of aliphatic carboxylic acids is 1. The van der Waals surface area contributed by atoms with Crippen LogP contribution in [-0.4, -0.2) is 45.9 Å². The van der Waals surface area contributed by atoms with Gasteiger partial charge in [0.05, 0.1) is 0 Å². The summed E-state index contributed by atoms with van der Waals surface area (Å²) in [5, 5.41) is 18.9. The van der Waals surface area contributed by atoms with Crippen LogP contribution in [-0.2, 0) is 27.2 Å². The summed E-state index contributed by atoms with van der Waals surface area (Å²) in [4.78, 5) is 53.1. The van der Waals surface area contributed by atoms with Crippen LogP contribution in [0.2, 0.25) is 0 Å². The van der Waals surface area contributed by atoms with Crippen molar-refractivity contribution in [3.63, 3.8) is 0 Å². The van der Waals surface area contributed by atoms with Crippen LogP contribution in [0.25, 0.3) is 22.0 Å². The topological polar surface area (TPSA) is 140 Å². The highest BCUT2D eigenvalue weighted by Crippen LogP contribution is 2.24. The minimum Gasteiger partial charge on any atom is -0.480 e. The Balaban J connectivity index is 1.25. The van der Waals surface area contributed by atoms with E-state index in [0.717, 1.165) is 33.2 Å². The van der Waals surface area contributed by atoms with E-state index in [0.29, 0.717) is 17.7 Å². The molecular formula is C35H32N4O5. The largest absolute Gasteiger partial charge is 0.480 e. The molecule has 0 spiro atoms. The number of anilines is 1. The molecule has 222 valence electrons. The molecule has 9 nitrogen and oxygen atoms in total. The average molecular weight is 589 g/mol. The highest BCUT2D eigenvalue weighted by atomic mass is 16.4.